The Morgan fingerprint density at radius 2 is 2.16 bits per heavy atom. The molecule has 0 aliphatic carbocycles. The number of halogens is 2. The van der Waals surface area contributed by atoms with Crippen LogP contribution < -0.4 is 0 Å². The zero-order valence-electron chi connectivity index (χ0n) is 10.6. The molecule has 1 heterocycles. The summed E-state index contributed by atoms with van der Waals surface area (Å²) in [4.78, 5) is 15.0. The number of carbonyl (C=O) groups is 1. The minimum atomic E-state index is -0.446. The molecule has 1 aromatic carbocycles. The van der Waals surface area contributed by atoms with Crippen LogP contribution in [-0.4, -0.2) is 17.9 Å². The van der Waals surface area contributed by atoms with E-state index in [4.69, 9.17) is 11.6 Å². The molecule has 1 aromatic heterocycles. The van der Waals surface area contributed by atoms with Gasteiger partial charge < -0.3 is 4.90 Å². The van der Waals surface area contributed by atoms with Crippen LogP contribution in [0.15, 0.2) is 29.6 Å². The molecule has 100 valence electrons. The first kappa shape index (κ1) is 14.0. The van der Waals surface area contributed by atoms with Gasteiger partial charge in [-0.3, -0.25) is 4.79 Å². The molecule has 0 N–H and O–H groups in total. The van der Waals surface area contributed by atoms with Gasteiger partial charge in [-0.2, -0.15) is 0 Å². The molecule has 0 spiro atoms. The average molecular weight is 298 g/mol. The Hall–Kier alpha value is -1.39. The molecule has 0 aliphatic rings. The summed E-state index contributed by atoms with van der Waals surface area (Å²) >= 11 is 7.51. The summed E-state index contributed by atoms with van der Waals surface area (Å²) < 4.78 is 13.0. The highest BCUT2D eigenvalue weighted by Gasteiger charge is 2.16. The van der Waals surface area contributed by atoms with Gasteiger partial charge in [-0.1, -0.05) is 11.6 Å². The van der Waals surface area contributed by atoms with E-state index >= 15 is 0 Å². The van der Waals surface area contributed by atoms with Crippen molar-refractivity contribution in [3.63, 3.8) is 0 Å². The summed E-state index contributed by atoms with van der Waals surface area (Å²) in [7, 11) is 1.71. The molecular weight excluding hydrogens is 285 g/mol. The van der Waals surface area contributed by atoms with E-state index in [2.05, 4.69) is 0 Å². The van der Waals surface area contributed by atoms with Gasteiger partial charge >= 0.3 is 0 Å². The largest absolute Gasteiger partial charge is 0.337 e. The minimum absolute atomic E-state index is 0.139. The highest BCUT2D eigenvalue weighted by atomic mass is 35.5. The average Bonchev–Trinajstić information content (AvgIpc) is 2.74. The summed E-state index contributed by atoms with van der Waals surface area (Å²) in [5, 5.41) is 2.13. The lowest BCUT2D eigenvalue weighted by molar-refractivity contribution is 0.0786. The molecule has 1 amide bonds. The van der Waals surface area contributed by atoms with E-state index in [1.54, 1.807) is 23.3 Å². The Morgan fingerprint density at radius 1 is 1.42 bits per heavy atom. The first-order valence-corrected chi connectivity index (χ1v) is 6.98. The van der Waals surface area contributed by atoms with Gasteiger partial charge in [0.05, 0.1) is 17.1 Å². The Morgan fingerprint density at radius 3 is 2.74 bits per heavy atom. The standard InChI is InChI=1S/C14H13ClFNOS/c1-9-5-6-19-13(9)8-17(2)14(18)11-4-3-10(16)7-12(11)15/h3-7H,8H2,1-2H3. The van der Waals surface area contributed by atoms with E-state index in [9.17, 15) is 9.18 Å². The van der Waals surface area contributed by atoms with Crippen LogP contribution in [0.2, 0.25) is 5.02 Å². The summed E-state index contributed by atoms with van der Waals surface area (Å²) in [5.41, 5.74) is 1.48. The van der Waals surface area contributed by atoms with Crippen molar-refractivity contribution in [1.82, 2.24) is 4.90 Å². The number of aryl methyl sites for hydroxylation is 1. The predicted molar refractivity (Wildman–Crippen MR) is 76.3 cm³/mol. The second kappa shape index (κ2) is 5.72. The van der Waals surface area contributed by atoms with Gasteiger partial charge in [0.15, 0.2) is 0 Å². The molecular formula is C14H13ClFNOS. The van der Waals surface area contributed by atoms with Crippen molar-refractivity contribution in [2.75, 3.05) is 7.05 Å². The molecule has 2 nitrogen and oxygen atoms in total. The number of amides is 1. The topological polar surface area (TPSA) is 20.3 Å². The van der Waals surface area contributed by atoms with Crippen LogP contribution in [0.3, 0.4) is 0 Å². The van der Waals surface area contributed by atoms with Crippen molar-refractivity contribution in [1.29, 1.82) is 0 Å². The van der Waals surface area contributed by atoms with E-state index in [-0.39, 0.29) is 10.9 Å². The number of hydrogen-bond acceptors (Lipinski definition) is 2. The molecule has 2 rings (SSSR count). The second-order valence-electron chi connectivity index (χ2n) is 4.31. The summed E-state index contributed by atoms with van der Waals surface area (Å²) in [6, 6.07) is 5.82. The van der Waals surface area contributed by atoms with Crippen LogP contribution in [-0.2, 0) is 6.54 Å². The lowest BCUT2D eigenvalue weighted by Gasteiger charge is -2.17. The fraction of sp³-hybridized carbons (Fsp3) is 0.214. The third kappa shape index (κ3) is 3.14. The quantitative estimate of drug-likeness (QED) is 0.834. The van der Waals surface area contributed by atoms with E-state index < -0.39 is 5.82 Å². The molecule has 0 saturated carbocycles. The van der Waals surface area contributed by atoms with Gasteiger partial charge in [0.25, 0.3) is 5.91 Å². The molecule has 0 radical (unpaired) electrons. The van der Waals surface area contributed by atoms with Gasteiger partial charge in [0.2, 0.25) is 0 Å². The summed E-state index contributed by atoms with van der Waals surface area (Å²) in [6.45, 7) is 2.53. The highest BCUT2D eigenvalue weighted by Crippen LogP contribution is 2.21. The number of rotatable bonds is 3. The highest BCUT2D eigenvalue weighted by molar-refractivity contribution is 7.10. The van der Waals surface area contributed by atoms with E-state index in [1.807, 2.05) is 18.4 Å². The monoisotopic (exact) mass is 297 g/mol. The summed E-state index contributed by atoms with van der Waals surface area (Å²) in [6.07, 6.45) is 0. The van der Waals surface area contributed by atoms with Gasteiger partial charge in [0, 0.05) is 11.9 Å². The van der Waals surface area contributed by atoms with Crippen molar-refractivity contribution in [3.05, 3.63) is 56.5 Å². The first-order valence-electron chi connectivity index (χ1n) is 5.72. The Labute approximate surface area is 120 Å². The molecule has 5 heteroatoms. The first-order chi connectivity index (χ1) is 8.99. The maximum absolute atomic E-state index is 13.0. The molecule has 0 saturated heterocycles. The number of benzene rings is 1. The van der Waals surface area contributed by atoms with Crippen LogP contribution in [0.25, 0.3) is 0 Å². The Kier molecular flexibility index (Phi) is 4.22. The zero-order chi connectivity index (χ0) is 14.0. The van der Waals surface area contributed by atoms with Gasteiger partial charge in [-0.05, 0) is 42.1 Å². The fourth-order valence-electron chi connectivity index (χ4n) is 1.72. The maximum Gasteiger partial charge on any atom is 0.255 e. The number of nitrogens with zero attached hydrogens (tertiary/aromatic N) is 1. The van der Waals surface area contributed by atoms with Crippen molar-refractivity contribution in [2.24, 2.45) is 0 Å². The minimum Gasteiger partial charge on any atom is -0.337 e. The maximum atomic E-state index is 13.0. The fourth-order valence-corrected chi connectivity index (χ4v) is 2.93. The molecule has 0 fully saturated rings. The molecule has 19 heavy (non-hydrogen) atoms. The van der Waals surface area contributed by atoms with E-state index in [0.717, 1.165) is 16.5 Å². The lowest BCUT2D eigenvalue weighted by Crippen LogP contribution is -2.26. The summed E-state index contributed by atoms with van der Waals surface area (Å²) in [5.74, 6) is -0.656. The third-order valence-corrected chi connectivity index (χ3v) is 4.18. The third-order valence-electron chi connectivity index (χ3n) is 2.86. The molecule has 0 aliphatic heterocycles. The lowest BCUT2D eigenvalue weighted by atomic mass is 10.2. The van der Waals surface area contributed by atoms with Gasteiger partial charge in [-0.25, -0.2) is 4.39 Å². The number of hydrogen-bond donors (Lipinski definition) is 0. The number of carbonyl (C=O) groups excluding carboxylic acids is 1. The van der Waals surface area contributed by atoms with Crippen LogP contribution in [0.5, 0.6) is 0 Å². The van der Waals surface area contributed by atoms with Crippen LogP contribution in [0, 0.1) is 12.7 Å². The van der Waals surface area contributed by atoms with E-state index in [1.165, 1.54) is 12.1 Å². The van der Waals surface area contributed by atoms with Crippen molar-refractivity contribution < 1.29 is 9.18 Å². The van der Waals surface area contributed by atoms with Crippen LogP contribution >= 0.6 is 22.9 Å². The van der Waals surface area contributed by atoms with Gasteiger partial charge in [-0.15, -0.1) is 11.3 Å². The van der Waals surface area contributed by atoms with Crippen molar-refractivity contribution in [3.8, 4) is 0 Å². The molecule has 2 aromatic rings. The van der Waals surface area contributed by atoms with E-state index in [0.29, 0.717) is 12.1 Å². The number of thiophene rings is 1. The zero-order valence-corrected chi connectivity index (χ0v) is 12.2. The Balaban J connectivity index is 2.17. The molecule has 0 atom stereocenters. The predicted octanol–water partition coefficient (Wildman–Crippen LogP) is 4.12. The van der Waals surface area contributed by atoms with Crippen molar-refractivity contribution >= 4 is 28.8 Å². The smallest absolute Gasteiger partial charge is 0.255 e. The second-order valence-corrected chi connectivity index (χ2v) is 5.72. The Bertz CT molecular complexity index is 611. The normalized spacial score (nSPS) is 10.5. The molecule has 0 unspecified atom stereocenters. The molecule has 0 bridgehead atoms. The SMILES string of the molecule is Cc1ccsc1CN(C)C(=O)c1ccc(F)cc1Cl. The van der Waals surface area contributed by atoms with Crippen LogP contribution in [0.1, 0.15) is 20.8 Å². The van der Waals surface area contributed by atoms with Gasteiger partial charge in [0.1, 0.15) is 5.82 Å². The van der Waals surface area contributed by atoms with Crippen LogP contribution in [0.4, 0.5) is 4.39 Å². The van der Waals surface area contributed by atoms with Crippen molar-refractivity contribution in [2.45, 2.75) is 13.5 Å².